The fraction of sp³-hybridized carbons (Fsp3) is 0.400. The number of nitrogens with zero attached hydrogens (tertiary/aromatic N) is 2. The largest absolute Gasteiger partial charge is 0.445 e. The van der Waals surface area contributed by atoms with E-state index in [0.717, 1.165) is 26.1 Å². The first-order valence-corrected chi connectivity index (χ1v) is 7.08. The maximum absolute atomic E-state index is 11.7. The minimum atomic E-state index is -0.469. The van der Waals surface area contributed by atoms with Crippen molar-refractivity contribution in [1.29, 1.82) is 0 Å². The number of carbonyl (C=O) groups excluding carboxylic acids is 1. The molecule has 0 saturated carbocycles. The van der Waals surface area contributed by atoms with E-state index in [2.05, 4.69) is 16.8 Å². The summed E-state index contributed by atoms with van der Waals surface area (Å²) in [6.07, 6.45) is 2.26. The average Bonchev–Trinajstić information content (AvgIpc) is 2.93. The Kier molecular flexibility index (Phi) is 5.48. The molecule has 0 radical (unpaired) electrons. The summed E-state index contributed by atoms with van der Waals surface area (Å²) in [6, 6.07) is 6.02. The molecule has 22 heavy (non-hydrogen) atoms. The van der Waals surface area contributed by atoms with Gasteiger partial charge in [-0.3, -0.25) is 15.0 Å². The van der Waals surface area contributed by atoms with Gasteiger partial charge >= 0.3 is 6.09 Å². The smallest absolute Gasteiger partial charge is 0.407 e. The summed E-state index contributed by atoms with van der Waals surface area (Å²) < 4.78 is 5.13. The van der Waals surface area contributed by atoms with Gasteiger partial charge in [0.1, 0.15) is 6.61 Å². The number of ether oxygens (including phenoxy) is 1. The van der Waals surface area contributed by atoms with E-state index in [1.807, 2.05) is 6.08 Å². The SMILES string of the molecule is C=CCN1CC[C@H](NC(=O)OCc2ccc([N+](=O)[O-])cc2)C1. The first-order valence-electron chi connectivity index (χ1n) is 7.08. The Bertz CT molecular complexity index is 544. The summed E-state index contributed by atoms with van der Waals surface area (Å²) in [5.74, 6) is 0. The van der Waals surface area contributed by atoms with E-state index < -0.39 is 11.0 Å². The molecular formula is C15H19N3O4. The number of nitro groups is 1. The molecule has 2 rings (SSSR count). The van der Waals surface area contributed by atoms with Gasteiger partial charge in [0.15, 0.2) is 0 Å². The minimum Gasteiger partial charge on any atom is -0.445 e. The quantitative estimate of drug-likeness (QED) is 0.494. The maximum atomic E-state index is 11.7. The van der Waals surface area contributed by atoms with Gasteiger partial charge in [0.2, 0.25) is 0 Å². The predicted molar refractivity (Wildman–Crippen MR) is 81.5 cm³/mol. The first-order chi connectivity index (χ1) is 10.6. The molecule has 7 nitrogen and oxygen atoms in total. The fourth-order valence-electron chi connectivity index (χ4n) is 2.37. The van der Waals surface area contributed by atoms with Crippen LogP contribution < -0.4 is 5.32 Å². The van der Waals surface area contributed by atoms with Gasteiger partial charge in [-0.25, -0.2) is 4.79 Å². The predicted octanol–water partition coefficient (Wildman–Crippen LogP) is 2.08. The number of non-ortho nitro benzene ring substituents is 1. The van der Waals surface area contributed by atoms with Gasteiger partial charge in [-0.15, -0.1) is 6.58 Å². The maximum Gasteiger partial charge on any atom is 0.407 e. The number of nitrogens with one attached hydrogen (secondary N) is 1. The van der Waals surface area contributed by atoms with Crippen molar-refractivity contribution in [3.05, 3.63) is 52.6 Å². The molecule has 1 saturated heterocycles. The molecule has 1 aliphatic rings. The van der Waals surface area contributed by atoms with Crippen molar-refractivity contribution >= 4 is 11.8 Å². The highest BCUT2D eigenvalue weighted by atomic mass is 16.6. The second-order valence-electron chi connectivity index (χ2n) is 5.18. The highest BCUT2D eigenvalue weighted by Crippen LogP contribution is 2.13. The van der Waals surface area contributed by atoms with Crippen LogP contribution in [-0.4, -0.2) is 41.6 Å². The Hall–Kier alpha value is -2.41. The van der Waals surface area contributed by atoms with Crippen LogP contribution in [0.5, 0.6) is 0 Å². The Labute approximate surface area is 128 Å². The van der Waals surface area contributed by atoms with Crippen LogP contribution in [0.4, 0.5) is 10.5 Å². The molecule has 1 amide bonds. The molecule has 118 valence electrons. The molecule has 1 aliphatic heterocycles. The molecule has 0 aliphatic carbocycles. The van der Waals surface area contributed by atoms with Crippen molar-refractivity contribution in [3.8, 4) is 0 Å². The Morgan fingerprint density at radius 2 is 2.23 bits per heavy atom. The van der Waals surface area contributed by atoms with Gasteiger partial charge in [0, 0.05) is 37.8 Å². The third-order valence-electron chi connectivity index (χ3n) is 3.50. The topological polar surface area (TPSA) is 84.7 Å². The van der Waals surface area contributed by atoms with Crippen LogP contribution in [-0.2, 0) is 11.3 Å². The molecule has 1 atom stereocenters. The summed E-state index contributed by atoms with van der Waals surface area (Å²) >= 11 is 0. The lowest BCUT2D eigenvalue weighted by molar-refractivity contribution is -0.384. The number of hydrogen-bond donors (Lipinski definition) is 1. The number of amides is 1. The summed E-state index contributed by atoms with van der Waals surface area (Å²) in [6.45, 7) is 6.32. The van der Waals surface area contributed by atoms with Gasteiger partial charge < -0.3 is 10.1 Å². The van der Waals surface area contributed by atoms with E-state index in [1.165, 1.54) is 12.1 Å². The molecule has 0 bridgehead atoms. The van der Waals surface area contributed by atoms with E-state index in [1.54, 1.807) is 12.1 Å². The molecule has 1 aromatic rings. The van der Waals surface area contributed by atoms with Gasteiger partial charge in [-0.05, 0) is 24.1 Å². The highest BCUT2D eigenvalue weighted by molar-refractivity contribution is 5.67. The second-order valence-corrected chi connectivity index (χ2v) is 5.18. The van der Waals surface area contributed by atoms with E-state index in [0.29, 0.717) is 5.56 Å². The third kappa shape index (κ3) is 4.56. The number of carbonyl (C=O) groups is 1. The monoisotopic (exact) mass is 305 g/mol. The summed E-state index contributed by atoms with van der Waals surface area (Å²) in [5, 5.41) is 13.4. The van der Waals surface area contributed by atoms with Crippen molar-refractivity contribution in [1.82, 2.24) is 10.2 Å². The van der Waals surface area contributed by atoms with Gasteiger partial charge in [-0.2, -0.15) is 0 Å². The summed E-state index contributed by atoms with van der Waals surface area (Å²) in [5.41, 5.74) is 0.724. The van der Waals surface area contributed by atoms with Gasteiger partial charge in [0.05, 0.1) is 4.92 Å². The first kappa shape index (κ1) is 16.0. The van der Waals surface area contributed by atoms with Crippen molar-refractivity contribution in [2.45, 2.75) is 19.1 Å². The number of nitro benzene ring substituents is 1. The van der Waals surface area contributed by atoms with Crippen LogP contribution >= 0.6 is 0 Å². The molecule has 1 aromatic carbocycles. The van der Waals surface area contributed by atoms with E-state index in [-0.39, 0.29) is 18.3 Å². The van der Waals surface area contributed by atoms with Gasteiger partial charge in [0.25, 0.3) is 5.69 Å². The number of alkyl carbamates (subject to hydrolysis) is 1. The standard InChI is InChI=1S/C15H19N3O4/c1-2-8-17-9-7-13(10-17)16-15(19)22-11-12-3-5-14(6-4-12)18(20)21/h2-6,13H,1,7-11H2,(H,16,19)/t13-/m0/s1. The highest BCUT2D eigenvalue weighted by Gasteiger charge is 2.23. The van der Waals surface area contributed by atoms with Crippen molar-refractivity contribution < 1.29 is 14.5 Å². The van der Waals surface area contributed by atoms with Crippen LogP contribution in [0.1, 0.15) is 12.0 Å². The van der Waals surface area contributed by atoms with Crippen LogP contribution in [0.3, 0.4) is 0 Å². The van der Waals surface area contributed by atoms with Crippen molar-refractivity contribution in [2.75, 3.05) is 19.6 Å². The van der Waals surface area contributed by atoms with Crippen molar-refractivity contribution in [2.24, 2.45) is 0 Å². The normalized spacial score (nSPS) is 17.9. The van der Waals surface area contributed by atoms with E-state index >= 15 is 0 Å². The lowest BCUT2D eigenvalue weighted by Gasteiger charge is -2.14. The van der Waals surface area contributed by atoms with Gasteiger partial charge in [-0.1, -0.05) is 6.08 Å². The lowest BCUT2D eigenvalue weighted by Crippen LogP contribution is -2.37. The van der Waals surface area contributed by atoms with Crippen molar-refractivity contribution in [3.63, 3.8) is 0 Å². The van der Waals surface area contributed by atoms with E-state index in [9.17, 15) is 14.9 Å². The Morgan fingerprint density at radius 1 is 1.50 bits per heavy atom. The number of hydrogen-bond acceptors (Lipinski definition) is 5. The van der Waals surface area contributed by atoms with Crippen LogP contribution in [0.15, 0.2) is 36.9 Å². The Morgan fingerprint density at radius 3 is 2.86 bits per heavy atom. The molecule has 0 unspecified atom stereocenters. The second kappa shape index (κ2) is 7.56. The fourth-order valence-corrected chi connectivity index (χ4v) is 2.37. The average molecular weight is 305 g/mol. The third-order valence-corrected chi connectivity index (χ3v) is 3.50. The van der Waals surface area contributed by atoms with Crippen LogP contribution in [0.2, 0.25) is 0 Å². The lowest BCUT2D eigenvalue weighted by atomic mass is 10.2. The van der Waals surface area contributed by atoms with Crippen LogP contribution in [0.25, 0.3) is 0 Å². The zero-order valence-electron chi connectivity index (χ0n) is 12.2. The van der Waals surface area contributed by atoms with E-state index in [4.69, 9.17) is 4.74 Å². The Balaban J connectivity index is 1.73. The zero-order chi connectivity index (χ0) is 15.9. The van der Waals surface area contributed by atoms with Crippen LogP contribution in [0, 0.1) is 10.1 Å². The number of rotatable bonds is 6. The molecule has 1 fully saturated rings. The molecule has 7 heteroatoms. The number of benzene rings is 1. The molecule has 1 N–H and O–H groups in total. The molecule has 1 heterocycles. The molecular weight excluding hydrogens is 286 g/mol. The summed E-state index contributed by atoms with van der Waals surface area (Å²) in [7, 11) is 0. The minimum absolute atomic E-state index is 0.0152. The number of likely N-dealkylation sites (tertiary alicyclic amines) is 1. The molecule has 0 aromatic heterocycles. The molecule has 0 spiro atoms. The zero-order valence-corrected chi connectivity index (χ0v) is 12.2. The summed E-state index contributed by atoms with van der Waals surface area (Å²) in [4.78, 5) is 24.0.